The topological polar surface area (TPSA) is 61.4 Å². The zero-order chi connectivity index (χ0) is 18.1. The van der Waals surface area contributed by atoms with Crippen LogP contribution in [0.4, 0.5) is 0 Å². The molecule has 1 aromatic heterocycles. The summed E-state index contributed by atoms with van der Waals surface area (Å²) in [6.07, 6.45) is 0. The van der Waals surface area contributed by atoms with E-state index in [2.05, 4.69) is 15.9 Å². The molecule has 26 heavy (non-hydrogen) atoms. The highest BCUT2D eigenvalue weighted by atomic mass is 79.9. The van der Waals surface area contributed by atoms with Crippen molar-refractivity contribution >= 4 is 37.6 Å². The fraction of sp³-hybridized carbons (Fsp3) is 0.100. The molecule has 0 fully saturated rings. The van der Waals surface area contributed by atoms with Crippen molar-refractivity contribution in [1.82, 2.24) is 4.57 Å². The average Bonchev–Trinajstić information content (AvgIpc) is 2.65. The predicted molar refractivity (Wildman–Crippen MR) is 104 cm³/mol. The SMILES string of the molecule is O=c1oc(=O)n(CCOc2cccc3ccccc23)c2ccc(Br)cc12. The summed E-state index contributed by atoms with van der Waals surface area (Å²) < 4.78 is 12.9. The lowest BCUT2D eigenvalue weighted by Gasteiger charge is -2.11. The van der Waals surface area contributed by atoms with Crippen molar-refractivity contribution in [2.75, 3.05) is 6.61 Å². The first kappa shape index (κ1) is 16.6. The van der Waals surface area contributed by atoms with Crippen LogP contribution in [0.3, 0.4) is 0 Å². The third-order valence-corrected chi connectivity index (χ3v) is 4.69. The number of hydrogen-bond donors (Lipinski definition) is 0. The van der Waals surface area contributed by atoms with Crippen molar-refractivity contribution in [3.05, 3.63) is 86.1 Å². The van der Waals surface area contributed by atoms with Crippen molar-refractivity contribution in [2.45, 2.75) is 6.54 Å². The summed E-state index contributed by atoms with van der Waals surface area (Å²) in [6, 6.07) is 18.9. The van der Waals surface area contributed by atoms with Crippen LogP contribution in [0.25, 0.3) is 21.7 Å². The standard InChI is InChI=1S/C20H14BrNO4/c21-14-8-9-17-16(12-14)19(23)26-20(24)22(17)10-11-25-18-7-3-5-13-4-1-2-6-15(13)18/h1-9,12H,10-11H2. The Kier molecular flexibility index (Phi) is 4.34. The third-order valence-electron chi connectivity index (χ3n) is 4.19. The van der Waals surface area contributed by atoms with Gasteiger partial charge in [0.2, 0.25) is 0 Å². The lowest BCUT2D eigenvalue weighted by Crippen LogP contribution is -2.27. The second-order valence-corrected chi connectivity index (χ2v) is 6.71. The Labute approximate surface area is 156 Å². The lowest BCUT2D eigenvalue weighted by molar-refractivity contribution is 0.290. The minimum atomic E-state index is -0.689. The Hall–Kier alpha value is -2.86. The third kappa shape index (κ3) is 3.04. The Morgan fingerprint density at radius 3 is 2.65 bits per heavy atom. The molecule has 0 aliphatic heterocycles. The molecule has 0 aliphatic rings. The van der Waals surface area contributed by atoms with Crippen LogP contribution in [-0.2, 0) is 6.54 Å². The molecule has 0 spiro atoms. The number of nitrogens with zero attached hydrogens (tertiary/aromatic N) is 1. The maximum Gasteiger partial charge on any atom is 0.422 e. The number of fused-ring (bicyclic) bond motifs is 2. The van der Waals surface area contributed by atoms with Crippen LogP contribution in [0.15, 0.2) is 79.1 Å². The van der Waals surface area contributed by atoms with E-state index in [1.54, 1.807) is 18.2 Å². The van der Waals surface area contributed by atoms with Gasteiger partial charge in [0.05, 0.1) is 17.4 Å². The van der Waals surface area contributed by atoms with Gasteiger partial charge in [-0.3, -0.25) is 4.57 Å². The number of halogens is 1. The molecule has 1 heterocycles. The summed E-state index contributed by atoms with van der Waals surface area (Å²) in [5, 5.41) is 2.45. The van der Waals surface area contributed by atoms with Gasteiger partial charge in [0.25, 0.3) is 0 Å². The number of hydrogen-bond acceptors (Lipinski definition) is 4. The van der Waals surface area contributed by atoms with Crippen molar-refractivity contribution < 1.29 is 9.15 Å². The summed E-state index contributed by atoms with van der Waals surface area (Å²) in [5.74, 6) is 0.0620. The number of benzene rings is 3. The van der Waals surface area contributed by atoms with Gasteiger partial charge >= 0.3 is 11.4 Å². The molecular formula is C20H14BrNO4. The number of rotatable bonds is 4. The molecule has 0 saturated heterocycles. The minimum Gasteiger partial charge on any atom is -0.491 e. The fourth-order valence-corrected chi connectivity index (χ4v) is 3.34. The molecule has 0 bridgehead atoms. The van der Waals surface area contributed by atoms with Crippen LogP contribution >= 0.6 is 15.9 Å². The first-order valence-corrected chi connectivity index (χ1v) is 8.86. The van der Waals surface area contributed by atoms with Gasteiger partial charge in [-0.05, 0) is 29.7 Å². The van der Waals surface area contributed by atoms with E-state index in [1.165, 1.54) is 4.57 Å². The molecule has 0 aliphatic carbocycles. The zero-order valence-electron chi connectivity index (χ0n) is 13.6. The summed E-state index contributed by atoms with van der Waals surface area (Å²) in [6.45, 7) is 0.538. The average molecular weight is 412 g/mol. The van der Waals surface area contributed by atoms with Gasteiger partial charge in [0.1, 0.15) is 12.4 Å². The lowest BCUT2D eigenvalue weighted by atomic mass is 10.1. The predicted octanol–water partition coefficient (Wildman–Crippen LogP) is 3.95. The van der Waals surface area contributed by atoms with E-state index >= 15 is 0 Å². The van der Waals surface area contributed by atoms with Gasteiger partial charge < -0.3 is 9.15 Å². The van der Waals surface area contributed by atoms with Crippen LogP contribution in [-0.4, -0.2) is 11.2 Å². The maximum absolute atomic E-state index is 12.1. The summed E-state index contributed by atoms with van der Waals surface area (Å²) >= 11 is 3.32. The first-order valence-electron chi connectivity index (χ1n) is 8.07. The quantitative estimate of drug-likeness (QED) is 0.509. The molecule has 0 amide bonds. The smallest absolute Gasteiger partial charge is 0.422 e. The molecule has 0 N–H and O–H groups in total. The van der Waals surface area contributed by atoms with Crippen molar-refractivity contribution in [3.63, 3.8) is 0 Å². The molecule has 130 valence electrons. The van der Waals surface area contributed by atoms with Crippen molar-refractivity contribution in [1.29, 1.82) is 0 Å². The highest BCUT2D eigenvalue weighted by Crippen LogP contribution is 2.25. The van der Waals surface area contributed by atoms with Gasteiger partial charge in [-0.2, -0.15) is 0 Å². The van der Waals surface area contributed by atoms with Gasteiger partial charge in [0.15, 0.2) is 0 Å². The maximum atomic E-state index is 12.1. The highest BCUT2D eigenvalue weighted by Gasteiger charge is 2.10. The van der Waals surface area contributed by atoms with E-state index < -0.39 is 11.4 Å². The number of aromatic nitrogens is 1. The molecule has 0 unspecified atom stereocenters. The van der Waals surface area contributed by atoms with E-state index in [1.807, 2.05) is 42.5 Å². The molecule has 4 aromatic rings. The van der Waals surface area contributed by atoms with Gasteiger partial charge in [-0.15, -0.1) is 0 Å². The molecule has 4 rings (SSSR count). The van der Waals surface area contributed by atoms with Gasteiger partial charge in [-0.25, -0.2) is 9.59 Å². The Balaban J connectivity index is 1.64. The van der Waals surface area contributed by atoms with Gasteiger partial charge in [-0.1, -0.05) is 52.3 Å². The van der Waals surface area contributed by atoms with Crippen molar-refractivity contribution in [2.24, 2.45) is 0 Å². The van der Waals surface area contributed by atoms with Crippen LogP contribution in [0.2, 0.25) is 0 Å². The second-order valence-electron chi connectivity index (χ2n) is 5.79. The summed E-state index contributed by atoms with van der Waals surface area (Å²) in [7, 11) is 0. The zero-order valence-corrected chi connectivity index (χ0v) is 15.2. The highest BCUT2D eigenvalue weighted by molar-refractivity contribution is 9.10. The second kappa shape index (κ2) is 6.80. The van der Waals surface area contributed by atoms with Crippen LogP contribution < -0.4 is 16.1 Å². The molecule has 0 radical (unpaired) electrons. The Morgan fingerprint density at radius 1 is 0.962 bits per heavy atom. The first-order chi connectivity index (χ1) is 12.6. The molecule has 3 aromatic carbocycles. The molecule has 6 heteroatoms. The summed E-state index contributed by atoms with van der Waals surface area (Å²) in [5.41, 5.74) is -0.117. The summed E-state index contributed by atoms with van der Waals surface area (Å²) in [4.78, 5) is 24.0. The van der Waals surface area contributed by atoms with Crippen molar-refractivity contribution in [3.8, 4) is 5.75 Å². The molecule has 0 saturated carbocycles. The molecular weight excluding hydrogens is 398 g/mol. The van der Waals surface area contributed by atoms with E-state index in [-0.39, 0.29) is 13.2 Å². The Morgan fingerprint density at radius 2 is 1.77 bits per heavy atom. The van der Waals surface area contributed by atoms with E-state index in [0.29, 0.717) is 10.9 Å². The number of ether oxygens (including phenoxy) is 1. The van der Waals surface area contributed by atoms with E-state index in [4.69, 9.17) is 9.15 Å². The van der Waals surface area contributed by atoms with Crippen LogP contribution in [0, 0.1) is 0 Å². The fourth-order valence-electron chi connectivity index (χ4n) is 2.98. The molecule has 5 nitrogen and oxygen atoms in total. The van der Waals surface area contributed by atoms with Crippen LogP contribution in [0.1, 0.15) is 0 Å². The minimum absolute atomic E-state index is 0.268. The van der Waals surface area contributed by atoms with Crippen LogP contribution in [0.5, 0.6) is 5.75 Å². The monoisotopic (exact) mass is 411 g/mol. The van der Waals surface area contributed by atoms with E-state index in [9.17, 15) is 9.59 Å². The normalized spacial score (nSPS) is 11.1. The van der Waals surface area contributed by atoms with E-state index in [0.717, 1.165) is 21.0 Å². The van der Waals surface area contributed by atoms with Gasteiger partial charge in [0, 0.05) is 9.86 Å². The molecule has 0 atom stereocenters. The Bertz CT molecular complexity index is 1220. The largest absolute Gasteiger partial charge is 0.491 e.